The van der Waals surface area contributed by atoms with E-state index in [0.717, 1.165) is 29.4 Å². The van der Waals surface area contributed by atoms with Crippen LogP contribution in [0.5, 0.6) is 0 Å². The maximum Gasteiger partial charge on any atom is 0.0540 e. The lowest BCUT2D eigenvalue weighted by atomic mass is 9.89. The molecule has 0 bridgehead atoms. The van der Waals surface area contributed by atoms with E-state index in [1.54, 1.807) is 0 Å². The van der Waals surface area contributed by atoms with Gasteiger partial charge in [-0.05, 0) is 70.0 Å². The molecule has 0 radical (unpaired) electrons. The normalized spacial score (nSPS) is 11.6. The molecule has 0 saturated carbocycles. The summed E-state index contributed by atoms with van der Waals surface area (Å²) in [5.41, 5.74) is 13.1. The molecule has 0 fully saturated rings. The van der Waals surface area contributed by atoms with Crippen molar-refractivity contribution < 1.29 is 0 Å². The van der Waals surface area contributed by atoms with Gasteiger partial charge in [-0.2, -0.15) is 0 Å². The minimum atomic E-state index is 0.719. The van der Waals surface area contributed by atoms with Crippen LogP contribution in [0.3, 0.4) is 0 Å². The Morgan fingerprint density at radius 2 is 1.00 bits per heavy atom. The molecule has 47 heavy (non-hydrogen) atoms. The summed E-state index contributed by atoms with van der Waals surface area (Å²) in [6.45, 7) is 9.05. The maximum atomic E-state index is 4.46. The van der Waals surface area contributed by atoms with E-state index >= 15 is 0 Å². The van der Waals surface area contributed by atoms with Gasteiger partial charge in [0.05, 0.1) is 11.4 Å². The molecule has 0 spiro atoms. The second kappa shape index (κ2) is 15.4. The minimum Gasteiger partial charge on any atom is -0.309 e. The highest BCUT2D eigenvalue weighted by Gasteiger charge is 2.20. The van der Waals surface area contributed by atoms with E-state index in [-0.39, 0.29) is 0 Å². The Balaban J connectivity index is 1.36. The van der Waals surface area contributed by atoms with E-state index in [1.165, 1.54) is 70.2 Å². The van der Waals surface area contributed by atoms with Crippen molar-refractivity contribution >= 4 is 22.6 Å². The number of rotatable bonds is 13. The number of benzene rings is 6. The van der Waals surface area contributed by atoms with Crippen molar-refractivity contribution in [1.82, 2.24) is 0 Å². The Bertz CT molecular complexity index is 1790. The third-order valence-electron chi connectivity index (χ3n) is 9.29. The smallest absolute Gasteiger partial charge is 0.0540 e. The zero-order chi connectivity index (χ0) is 32.4. The van der Waals surface area contributed by atoms with Gasteiger partial charge in [0, 0.05) is 16.8 Å². The van der Waals surface area contributed by atoms with Crippen LogP contribution in [0.1, 0.15) is 51.5 Å². The van der Waals surface area contributed by atoms with Gasteiger partial charge in [0.15, 0.2) is 0 Å². The second-order valence-corrected chi connectivity index (χ2v) is 12.5. The van der Waals surface area contributed by atoms with Crippen LogP contribution in [0.15, 0.2) is 164 Å². The Hall–Kier alpha value is -5.14. The van der Waals surface area contributed by atoms with E-state index in [2.05, 4.69) is 183 Å². The molecule has 0 heterocycles. The van der Waals surface area contributed by atoms with Crippen LogP contribution in [0.2, 0.25) is 0 Å². The summed E-state index contributed by atoms with van der Waals surface area (Å²) in [4.78, 5) is 2.41. The van der Waals surface area contributed by atoms with Crippen molar-refractivity contribution in [2.75, 3.05) is 4.90 Å². The summed E-state index contributed by atoms with van der Waals surface area (Å²) in [6, 6.07) is 56.8. The van der Waals surface area contributed by atoms with Crippen molar-refractivity contribution in [3.63, 3.8) is 0 Å². The standard InChI is InChI=1S/C46H45N/c1-4-6-17-36(5-2)34-35(3)37-26-28-38(29-27-37)39-30-32-42(33-31-39)47(45-24-15-13-22-43(45)40-18-9-7-10-19-40)46-25-16-14-23-44(46)41-20-11-8-12-21-41/h7-16,18-33,36H,3-6,17,34H2,1-2H3. The quantitative estimate of drug-likeness (QED) is 0.126. The zero-order valence-electron chi connectivity index (χ0n) is 27.8. The molecule has 0 aromatic heterocycles. The molecule has 1 atom stereocenters. The van der Waals surface area contributed by atoms with Gasteiger partial charge in [-0.3, -0.25) is 0 Å². The molecule has 1 heteroatoms. The average Bonchev–Trinajstić information content (AvgIpc) is 3.15. The average molecular weight is 612 g/mol. The van der Waals surface area contributed by atoms with Crippen LogP contribution >= 0.6 is 0 Å². The number of allylic oxidation sites excluding steroid dienone is 1. The third-order valence-corrected chi connectivity index (χ3v) is 9.29. The van der Waals surface area contributed by atoms with Crippen LogP contribution in [-0.2, 0) is 0 Å². The van der Waals surface area contributed by atoms with Crippen LogP contribution in [0.25, 0.3) is 39.0 Å². The molecule has 0 aliphatic heterocycles. The highest BCUT2D eigenvalue weighted by Crippen LogP contribution is 2.44. The maximum absolute atomic E-state index is 4.46. The molecule has 1 unspecified atom stereocenters. The van der Waals surface area contributed by atoms with E-state index in [4.69, 9.17) is 0 Å². The van der Waals surface area contributed by atoms with Crippen LogP contribution in [0.4, 0.5) is 17.1 Å². The van der Waals surface area contributed by atoms with Gasteiger partial charge in [0.1, 0.15) is 0 Å². The van der Waals surface area contributed by atoms with Crippen molar-refractivity contribution in [1.29, 1.82) is 0 Å². The summed E-state index contributed by atoms with van der Waals surface area (Å²) in [5, 5.41) is 0. The lowest BCUT2D eigenvalue weighted by Gasteiger charge is -2.30. The first kappa shape index (κ1) is 31.8. The fourth-order valence-corrected chi connectivity index (χ4v) is 6.58. The minimum absolute atomic E-state index is 0.719. The Kier molecular flexibility index (Phi) is 10.4. The van der Waals surface area contributed by atoms with Crippen LogP contribution in [-0.4, -0.2) is 0 Å². The Labute approximate surface area is 281 Å². The lowest BCUT2D eigenvalue weighted by Crippen LogP contribution is -2.12. The summed E-state index contributed by atoms with van der Waals surface area (Å²) in [7, 11) is 0. The van der Waals surface area contributed by atoms with Gasteiger partial charge < -0.3 is 4.90 Å². The number of nitrogens with zero attached hydrogens (tertiary/aromatic N) is 1. The molecular weight excluding hydrogens is 567 g/mol. The molecule has 0 aliphatic carbocycles. The predicted octanol–water partition coefficient (Wildman–Crippen LogP) is 13.8. The molecule has 0 saturated heterocycles. The monoisotopic (exact) mass is 611 g/mol. The molecule has 6 aromatic rings. The topological polar surface area (TPSA) is 3.24 Å². The first-order chi connectivity index (χ1) is 23.2. The molecule has 234 valence electrons. The molecule has 0 amide bonds. The summed E-state index contributed by atoms with van der Waals surface area (Å²) >= 11 is 0. The number of hydrogen-bond acceptors (Lipinski definition) is 1. The fraction of sp³-hybridized carbons (Fsp3) is 0.174. The zero-order valence-corrected chi connectivity index (χ0v) is 27.8. The van der Waals surface area contributed by atoms with Gasteiger partial charge in [-0.25, -0.2) is 0 Å². The molecule has 0 aliphatic rings. The third kappa shape index (κ3) is 7.47. The van der Waals surface area contributed by atoms with Gasteiger partial charge in [-0.15, -0.1) is 0 Å². The number of hydrogen-bond donors (Lipinski definition) is 0. The number of anilines is 3. The van der Waals surface area contributed by atoms with E-state index < -0.39 is 0 Å². The Morgan fingerprint density at radius 1 is 0.532 bits per heavy atom. The SMILES string of the molecule is C=C(CC(CC)CCCC)c1ccc(-c2ccc(N(c3ccccc3-c3ccccc3)c3ccccc3-c3ccccc3)cc2)cc1. The van der Waals surface area contributed by atoms with Crippen LogP contribution in [0, 0.1) is 5.92 Å². The number of para-hydroxylation sites is 2. The lowest BCUT2D eigenvalue weighted by molar-refractivity contribution is 0.462. The van der Waals surface area contributed by atoms with Gasteiger partial charge in [-0.1, -0.05) is 180 Å². The first-order valence-corrected chi connectivity index (χ1v) is 17.1. The molecule has 0 N–H and O–H groups in total. The fourth-order valence-electron chi connectivity index (χ4n) is 6.58. The van der Waals surface area contributed by atoms with Crippen molar-refractivity contribution in [2.45, 2.75) is 46.0 Å². The van der Waals surface area contributed by atoms with Crippen molar-refractivity contribution in [3.05, 3.63) is 170 Å². The Morgan fingerprint density at radius 3 is 1.49 bits per heavy atom. The van der Waals surface area contributed by atoms with E-state index in [1.807, 2.05) is 0 Å². The van der Waals surface area contributed by atoms with E-state index in [0.29, 0.717) is 0 Å². The first-order valence-electron chi connectivity index (χ1n) is 17.1. The highest BCUT2D eigenvalue weighted by atomic mass is 15.1. The molecule has 6 rings (SSSR count). The van der Waals surface area contributed by atoms with Crippen molar-refractivity contribution in [2.24, 2.45) is 5.92 Å². The predicted molar refractivity (Wildman–Crippen MR) is 204 cm³/mol. The van der Waals surface area contributed by atoms with Crippen LogP contribution < -0.4 is 4.90 Å². The molecule has 6 aromatic carbocycles. The largest absolute Gasteiger partial charge is 0.309 e. The molecular formula is C46H45N. The second-order valence-electron chi connectivity index (χ2n) is 12.5. The van der Waals surface area contributed by atoms with Gasteiger partial charge >= 0.3 is 0 Å². The molecule has 1 nitrogen and oxygen atoms in total. The highest BCUT2D eigenvalue weighted by molar-refractivity contribution is 5.93. The summed E-state index contributed by atoms with van der Waals surface area (Å²) < 4.78 is 0. The summed E-state index contributed by atoms with van der Waals surface area (Å²) in [5.74, 6) is 0.719. The van der Waals surface area contributed by atoms with Gasteiger partial charge in [0.2, 0.25) is 0 Å². The summed E-state index contributed by atoms with van der Waals surface area (Å²) in [6.07, 6.45) is 6.14. The van der Waals surface area contributed by atoms with E-state index in [9.17, 15) is 0 Å². The number of unbranched alkanes of at least 4 members (excludes halogenated alkanes) is 1. The van der Waals surface area contributed by atoms with Crippen molar-refractivity contribution in [3.8, 4) is 33.4 Å². The van der Waals surface area contributed by atoms with Gasteiger partial charge in [0.25, 0.3) is 0 Å².